The van der Waals surface area contributed by atoms with Crippen LogP contribution in [0.15, 0.2) is 25.1 Å². The Morgan fingerprint density at radius 2 is 2.06 bits per heavy atom. The predicted molar refractivity (Wildman–Crippen MR) is 53.8 cm³/mol. The van der Waals surface area contributed by atoms with Gasteiger partial charge in [0.2, 0.25) is 0 Å². The zero-order chi connectivity index (χ0) is 12.6. The number of esters is 1. The van der Waals surface area contributed by atoms with Gasteiger partial charge in [-0.3, -0.25) is 12.9 Å². The van der Waals surface area contributed by atoms with Crippen molar-refractivity contribution in [2.75, 3.05) is 20.4 Å². The Morgan fingerprint density at radius 1 is 1.53 bits per heavy atom. The minimum atomic E-state index is -3.67. The van der Waals surface area contributed by atoms with Crippen LogP contribution in [-0.2, 0) is 9.53 Å². The van der Waals surface area contributed by atoms with Crippen molar-refractivity contribution in [3.8, 4) is 0 Å². The third-order valence-electron chi connectivity index (χ3n) is 1.48. The van der Waals surface area contributed by atoms with Crippen LogP contribution in [0.3, 0.4) is 0 Å². The molecule has 0 N–H and O–H groups in total. The van der Waals surface area contributed by atoms with Gasteiger partial charge in [0.05, 0.1) is 6.67 Å². The zero-order valence-electron chi connectivity index (χ0n) is 9.15. The molecule has 0 radical (unpaired) electrons. The molecule has 0 bridgehead atoms. The van der Waals surface area contributed by atoms with Crippen molar-refractivity contribution in [3.05, 3.63) is 25.1 Å². The molecule has 0 aromatic rings. The Hall–Kier alpha value is -1.67. The molecule has 17 heavy (non-hydrogen) atoms. The number of halogens is 4. The second kappa shape index (κ2) is 9.55. The summed E-state index contributed by atoms with van der Waals surface area (Å²) < 4.78 is 33.8. The summed E-state index contributed by atoms with van der Waals surface area (Å²) in [5.74, 6) is -0.391. The molecule has 0 aromatic heterocycles. The van der Waals surface area contributed by atoms with E-state index in [4.69, 9.17) is 4.74 Å². The van der Waals surface area contributed by atoms with E-state index in [1.54, 1.807) is 0 Å². The molecule has 4 nitrogen and oxygen atoms in total. The Kier molecular flexibility index (Phi) is 9.96. The van der Waals surface area contributed by atoms with Crippen molar-refractivity contribution in [2.45, 2.75) is 0 Å². The highest BCUT2D eigenvalue weighted by molar-refractivity contribution is 6.33. The van der Waals surface area contributed by atoms with Crippen LogP contribution in [0.25, 0.3) is 0 Å². The van der Waals surface area contributed by atoms with Gasteiger partial charge in [-0.25, -0.2) is 4.79 Å². The zero-order valence-corrected chi connectivity index (χ0v) is 9.15. The molecule has 0 atom stereocenters. The molecule has 0 saturated heterocycles. The second-order valence-corrected chi connectivity index (χ2v) is 2.83. The molecule has 0 aliphatic carbocycles. The molecule has 1 aliphatic rings. The molecule has 1 rings (SSSR count). The van der Waals surface area contributed by atoms with Crippen LogP contribution in [-0.4, -0.2) is 43.8 Å². The van der Waals surface area contributed by atoms with Gasteiger partial charge >= 0.3 is 13.5 Å². The predicted octanol–water partition coefficient (Wildman–Crippen LogP) is -1.77. The van der Waals surface area contributed by atoms with Gasteiger partial charge in [-0.2, -0.15) is 0 Å². The molecule has 0 saturated carbocycles. The lowest BCUT2D eigenvalue weighted by Gasteiger charge is -2.16. The normalized spacial score (nSPS) is 12.2. The Labute approximate surface area is 96.9 Å². The minimum absolute atomic E-state index is 0. The van der Waals surface area contributed by atoms with Gasteiger partial charge in [-0.05, 0) is 0 Å². The first kappa shape index (κ1) is 17.7. The van der Waals surface area contributed by atoms with Crippen LogP contribution < -0.4 is 4.70 Å². The van der Waals surface area contributed by atoms with Gasteiger partial charge in [0.15, 0.2) is 6.73 Å². The van der Waals surface area contributed by atoms with Crippen LogP contribution >= 0.6 is 0 Å². The SMILES string of the molecule is C=CC(=O)OCN1C=CN(C)C1.FB(F)F.[F-]. The number of carbonyl (C=O) groups excluding carboxylic acids is 1. The lowest BCUT2D eigenvalue weighted by molar-refractivity contribution is -0.141. The summed E-state index contributed by atoms with van der Waals surface area (Å²) in [6.07, 6.45) is 4.95. The molecular weight excluding hydrogens is 243 g/mol. The Balaban J connectivity index is 0. The fourth-order valence-electron chi connectivity index (χ4n) is 0.878. The van der Waals surface area contributed by atoms with Gasteiger partial charge in [-0.15, -0.1) is 0 Å². The van der Waals surface area contributed by atoms with Crippen molar-refractivity contribution in [1.82, 2.24) is 9.80 Å². The lowest BCUT2D eigenvalue weighted by atomic mass is 10.5. The average Bonchev–Trinajstić information content (AvgIpc) is 2.60. The van der Waals surface area contributed by atoms with E-state index < -0.39 is 13.5 Å². The molecule has 0 amide bonds. The maximum Gasteiger partial charge on any atom is 0.762 e. The van der Waals surface area contributed by atoms with Gasteiger partial charge in [0.1, 0.15) is 0 Å². The summed E-state index contributed by atoms with van der Waals surface area (Å²) in [4.78, 5) is 14.5. The van der Waals surface area contributed by atoms with E-state index in [1.807, 2.05) is 29.2 Å². The number of ether oxygens (including phenoxy) is 1. The summed E-state index contributed by atoms with van der Waals surface area (Å²) in [5, 5.41) is 0. The molecule has 1 heterocycles. The van der Waals surface area contributed by atoms with Crippen molar-refractivity contribution < 1.29 is 27.2 Å². The van der Waals surface area contributed by atoms with Crippen LogP contribution in [0.5, 0.6) is 0 Å². The molecule has 0 fully saturated rings. The highest BCUT2D eigenvalue weighted by Crippen LogP contribution is 2.02. The van der Waals surface area contributed by atoms with Gasteiger partial charge in [-0.1, -0.05) is 6.58 Å². The number of nitrogens with zero attached hydrogens (tertiary/aromatic N) is 2. The molecule has 9 heteroatoms. The first-order chi connectivity index (χ1) is 7.45. The second-order valence-electron chi connectivity index (χ2n) is 2.83. The van der Waals surface area contributed by atoms with Gasteiger partial charge in [0, 0.05) is 25.5 Å². The number of hydrogen-bond donors (Lipinski definition) is 0. The number of rotatable bonds is 3. The summed E-state index contributed by atoms with van der Waals surface area (Å²) in [7, 11) is -1.72. The average molecular weight is 255 g/mol. The minimum Gasteiger partial charge on any atom is -1.00 e. The maximum atomic E-state index is 10.6. The van der Waals surface area contributed by atoms with Gasteiger partial charge < -0.3 is 19.2 Å². The third-order valence-corrected chi connectivity index (χ3v) is 1.48. The molecular formula is C8H12BF4N2O2-. The standard InChI is InChI=1S/C8H12N2O2.BF3.FH/c1-3-8(11)12-7-10-5-4-9(2)6-10;2-1(3)4;/h3-5H,1,6-7H2,2H3;;1H/p-1. The van der Waals surface area contributed by atoms with E-state index in [0.29, 0.717) is 0 Å². The quantitative estimate of drug-likeness (QED) is 0.259. The van der Waals surface area contributed by atoms with E-state index in [9.17, 15) is 17.7 Å². The van der Waals surface area contributed by atoms with Crippen LogP contribution in [0.4, 0.5) is 12.9 Å². The molecule has 98 valence electrons. The Morgan fingerprint density at radius 3 is 2.41 bits per heavy atom. The van der Waals surface area contributed by atoms with E-state index in [1.165, 1.54) is 0 Å². The number of carbonyl (C=O) groups is 1. The first-order valence-electron chi connectivity index (χ1n) is 4.29. The first-order valence-corrected chi connectivity index (χ1v) is 4.29. The van der Waals surface area contributed by atoms with E-state index in [-0.39, 0.29) is 11.4 Å². The monoisotopic (exact) mass is 255 g/mol. The van der Waals surface area contributed by atoms with Crippen molar-refractivity contribution >= 4 is 13.5 Å². The molecule has 1 aliphatic heterocycles. The van der Waals surface area contributed by atoms with Crippen molar-refractivity contribution in [2.24, 2.45) is 0 Å². The molecule has 0 aromatic carbocycles. The van der Waals surface area contributed by atoms with Crippen molar-refractivity contribution in [1.29, 1.82) is 0 Å². The van der Waals surface area contributed by atoms with Gasteiger partial charge in [0.25, 0.3) is 0 Å². The van der Waals surface area contributed by atoms with Crippen LogP contribution in [0, 0.1) is 0 Å². The number of hydrogen-bond acceptors (Lipinski definition) is 4. The lowest BCUT2D eigenvalue weighted by Crippen LogP contribution is -3.00. The fourth-order valence-corrected chi connectivity index (χ4v) is 0.878. The molecule has 0 unspecified atom stereocenters. The van der Waals surface area contributed by atoms with Crippen LogP contribution in [0.2, 0.25) is 0 Å². The summed E-state index contributed by atoms with van der Waals surface area (Å²) in [5.41, 5.74) is 0. The maximum absolute atomic E-state index is 10.6. The molecule has 0 spiro atoms. The topological polar surface area (TPSA) is 32.8 Å². The fraction of sp³-hybridized carbons (Fsp3) is 0.375. The summed E-state index contributed by atoms with van der Waals surface area (Å²) >= 11 is 0. The van der Waals surface area contributed by atoms with E-state index in [0.717, 1.165) is 12.7 Å². The highest BCUT2D eigenvalue weighted by Gasteiger charge is 2.08. The Bertz CT molecular complexity index is 263. The third kappa shape index (κ3) is 10.6. The summed E-state index contributed by atoms with van der Waals surface area (Å²) in [6, 6.07) is 0. The highest BCUT2D eigenvalue weighted by atomic mass is 19.4. The van der Waals surface area contributed by atoms with E-state index in [2.05, 4.69) is 6.58 Å². The van der Waals surface area contributed by atoms with Crippen molar-refractivity contribution in [3.63, 3.8) is 0 Å². The smallest absolute Gasteiger partial charge is 0.762 e. The largest absolute Gasteiger partial charge is 1.00 e. The summed E-state index contributed by atoms with van der Waals surface area (Å²) in [6.45, 7) is 4.34. The van der Waals surface area contributed by atoms with E-state index >= 15 is 0 Å². The van der Waals surface area contributed by atoms with Crippen LogP contribution in [0.1, 0.15) is 0 Å².